The first kappa shape index (κ1) is 18.9. The molecule has 1 rings (SSSR count). The number of carbonyl (C=O) groups excluding carboxylic acids is 2. The van der Waals surface area contributed by atoms with E-state index in [1.807, 2.05) is 26.0 Å². The lowest BCUT2D eigenvalue weighted by Crippen LogP contribution is -2.22. The first-order chi connectivity index (χ1) is 10.6. The highest BCUT2D eigenvalue weighted by Gasteiger charge is 2.22. The number of hydrogen-bond donors (Lipinski definition) is 0. The maximum absolute atomic E-state index is 11.8. The Labute approximate surface area is 139 Å². The SMILES string of the molecule is CCC(=O)C(CCCCCCc1ccc(Cl)cc1)C(=O)CC. The average molecular weight is 323 g/mol. The summed E-state index contributed by atoms with van der Waals surface area (Å²) in [4.78, 5) is 23.6. The van der Waals surface area contributed by atoms with E-state index in [0.717, 1.165) is 43.5 Å². The van der Waals surface area contributed by atoms with E-state index in [0.29, 0.717) is 12.8 Å². The summed E-state index contributed by atoms with van der Waals surface area (Å²) in [7, 11) is 0. The van der Waals surface area contributed by atoms with Gasteiger partial charge in [0.1, 0.15) is 11.6 Å². The van der Waals surface area contributed by atoms with Gasteiger partial charge in [-0.15, -0.1) is 0 Å². The lowest BCUT2D eigenvalue weighted by Gasteiger charge is -2.12. The van der Waals surface area contributed by atoms with Gasteiger partial charge in [-0.1, -0.05) is 56.8 Å². The fourth-order valence-corrected chi connectivity index (χ4v) is 2.80. The average Bonchev–Trinajstić information content (AvgIpc) is 2.54. The van der Waals surface area contributed by atoms with Crippen LogP contribution in [-0.2, 0) is 16.0 Å². The van der Waals surface area contributed by atoms with Gasteiger partial charge in [0.15, 0.2) is 0 Å². The molecule has 0 heterocycles. The standard InChI is InChI=1S/C19H27ClO2/c1-3-18(21)17(19(22)4-2)10-8-6-5-7-9-15-11-13-16(20)14-12-15/h11-14,17H,3-10H2,1-2H3. The van der Waals surface area contributed by atoms with Crippen molar-refractivity contribution in [1.29, 1.82) is 0 Å². The van der Waals surface area contributed by atoms with Crippen LogP contribution in [0, 0.1) is 5.92 Å². The summed E-state index contributed by atoms with van der Waals surface area (Å²) in [5.74, 6) is -0.146. The van der Waals surface area contributed by atoms with Crippen molar-refractivity contribution in [2.45, 2.75) is 65.2 Å². The van der Waals surface area contributed by atoms with E-state index >= 15 is 0 Å². The van der Waals surface area contributed by atoms with Crippen molar-refractivity contribution >= 4 is 23.2 Å². The molecule has 0 atom stereocenters. The zero-order chi connectivity index (χ0) is 16.4. The van der Waals surface area contributed by atoms with Crippen LogP contribution in [0.25, 0.3) is 0 Å². The van der Waals surface area contributed by atoms with Crippen LogP contribution in [0.3, 0.4) is 0 Å². The molecule has 3 heteroatoms. The summed E-state index contributed by atoms with van der Waals surface area (Å²) in [5, 5.41) is 0.774. The second-order valence-electron chi connectivity index (χ2n) is 5.77. The number of carbonyl (C=O) groups is 2. The van der Waals surface area contributed by atoms with Gasteiger partial charge < -0.3 is 0 Å². The molecule has 0 radical (unpaired) electrons. The number of hydrogen-bond acceptors (Lipinski definition) is 2. The van der Waals surface area contributed by atoms with Gasteiger partial charge in [0.2, 0.25) is 0 Å². The zero-order valence-electron chi connectivity index (χ0n) is 13.7. The van der Waals surface area contributed by atoms with Crippen LogP contribution in [0.2, 0.25) is 5.02 Å². The minimum Gasteiger partial charge on any atom is -0.299 e. The fraction of sp³-hybridized carbons (Fsp3) is 0.579. The maximum Gasteiger partial charge on any atom is 0.143 e. The van der Waals surface area contributed by atoms with Gasteiger partial charge in [0.05, 0.1) is 5.92 Å². The van der Waals surface area contributed by atoms with Crippen LogP contribution in [0.1, 0.15) is 64.4 Å². The summed E-state index contributed by atoms with van der Waals surface area (Å²) in [5.41, 5.74) is 1.31. The van der Waals surface area contributed by atoms with Gasteiger partial charge in [0, 0.05) is 17.9 Å². The molecule has 0 saturated carbocycles. The molecule has 2 nitrogen and oxygen atoms in total. The molecule has 0 aliphatic carbocycles. The highest BCUT2D eigenvalue weighted by Crippen LogP contribution is 2.17. The normalized spacial score (nSPS) is 10.9. The van der Waals surface area contributed by atoms with Crippen LogP contribution in [0.15, 0.2) is 24.3 Å². The Morgan fingerprint density at radius 2 is 1.45 bits per heavy atom. The molecule has 0 aliphatic heterocycles. The van der Waals surface area contributed by atoms with Crippen LogP contribution in [0.4, 0.5) is 0 Å². The predicted octanol–water partition coefficient (Wildman–Crippen LogP) is 5.41. The molecule has 1 aromatic carbocycles. The van der Waals surface area contributed by atoms with E-state index in [1.54, 1.807) is 0 Å². The Balaban J connectivity index is 2.21. The van der Waals surface area contributed by atoms with Gasteiger partial charge in [-0.3, -0.25) is 9.59 Å². The smallest absolute Gasteiger partial charge is 0.143 e. The van der Waals surface area contributed by atoms with Crippen molar-refractivity contribution in [2.75, 3.05) is 0 Å². The fourth-order valence-electron chi connectivity index (χ4n) is 2.68. The molecule has 0 aromatic heterocycles. The molecule has 0 saturated heterocycles. The van der Waals surface area contributed by atoms with Gasteiger partial charge in [-0.2, -0.15) is 0 Å². The van der Waals surface area contributed by atoms with Crippen molar-refractivity contribution in [3.63, 3.8) is 0 Å². The summed E-state index contributed by atoms with van der Waals surface area (Å²) in [6, 6.07) is 7.98. The Hall–Kier alpha value is -1.15. The Kier molecular flexibility index (Phi) is 9.07. The van der Waals surface area contributed by atoms with Crippen LogP contribution in [-0.4, -0.2) is 11.6 Å². The van der Waals surface area contributed by atoms with Crippen LogP contribution >= 0.6 is 11.6 Å². The van der Waals surface area contributed by atoms with Crippen molar-refractivity contribution in [3.05, 3.63) is 34.9 Å². The minimum atomic E-state index is -0.355. The number of aryl methyl sites for hydroxylation is 1. The Morgan fingerprint density at radius 1 is 0.909 bits per heavy atom. The van der Waals surface area contributed by atoms with E-state index in [9.17, 15) is 9.59 Å². The predicted molar refractivity (Wildman–Crippen MR) is 92.3 cm³/mol. The van der Waals surface area contributed by atoms with Crippen molar-refractivity contribution in [3.8, 4) is 0 Å². The van der Waals surface area contributed by atoms with Gasteiger partial charge in [-0.05, 0) is 37.0 Å². The lowest BCUT2D eigenvalue weighted by molar-refractivity contribution is -0.132. The first-order valence-corrected chi connectivity index (χ1v) is 8.76. The molecule has 22 heavy (non-hydrogen) atoms. The molecule has 0 amide bonds. The highest BCUT2D eigenvalue weighted by molar-refractivity contribution is 6.30. The van der Waals surface area contributed by atoms with Gasteiger partial charge in [-0.25, -0.2) is 0 Å². The second-order valence-corrected chi connectivity index (χ2v) is 6.21. The minimum absolute atomic E-state index is 0.105. The van der Waals surface area contributed by atoms with Crippen molar-refractivity contribution < 1.29 is 9.59 Å². The topological polar surface area (TPSA) is 34.1 Å². The molecular weight excluding hydrogens is 296 g/mol. The molecule has 1 aromatic rings. The van der Waals surface area contributed by atoms with Gasteiger partial charge in [0.25, 0.3) is 0 Å². The summed E-state index contributed by atoms with van der Waals surface area (Å²) in [6.45, 7) is 3.68. The number of benzene rings is 1. The largest absolute Gasteiger partial charge is 0.299 e. The first-order valence-electron chi connectivity index (χ1n) is 8.38. The second kappa shape index (κ2) is 10.6. The van der Waals surface area contributed by atoms with Crippen molar-refractivity contribution in [1.82, 2.24) is 0 Å². The Morgan fingerprint density at radius 3 is 2.00 bits per heavy atom. The van der Waals surface area contributed by atoms with E-state index in [4.69, 9.17) is 11.6 Å². The van der Waals surface area contributed by atoms with E-state index in [2.05, 4.69) is 12.1 Å². The van der Waals surface area contributed by atoms with E-state index in [1.165, 1.54) is 5.56 Å². The molecule has 0 aliphatic rings. The molecule has 0 fully saturated rings. The number of halogens is 1. The third-order valence-electron chi connectivity index (χ3n) is 4.10. The number of Topliss-reactive ketones (excluding diaryl/α,β-unsaturated/α-hetero) is 2. The van der Waals surface area contributed by atoms with E-state index in [-0.39, 0.29) is 17.5 Å². The molecule has 0 unspecified atom stereocenters. The summed E-state index contributed by atoms with van der Waals surface area (Å²) >= 11 is 5.86. The summed E-state index contributed by atoms with van der Waals surface area (Å²) < 4.78 is 0. The third kappa shape index (κ3) is 6.74. The maximum atomic E-state index is 11.8. The highest BCUT2D eigenvalue weighted by atomic mass is 35.5. The zero-order valence-corrected chi connectivity index (χ0v) is 14.5. The number of rotatable bonds is 11. The van der Waals surface area contributed by atoms with E-state index < -0.39 is 0 Å². The molecule has 0 spiro atoms. The lowest BCUT2D eigenvalue weighted by atomic mass is 9.90. The molecule has 122 valence electrons. The van der Waals surface area contributed by atoms with Crippen LogP contribution < -0.4 is 0 Å². The van der Waals surface area contributed by atoms with Gasteiger partial charge >= 0.3 is 0 Å². The summed E-state index contributed by atoms with van der Waals surface area (Å²) in [6.07, 6.45) is 7.02. The van der Waals surface area contributed by atoms with Crippen LogP contribution in [0.5, 0.6) is 0 Å². The molecule has 0 bridgehead atoms. The quantitative estimate of drug-likeness (QED) is 0.403. The monoisotopic (exact) mass is 322 g/mol. The third-order valence-corrected chi connectivity index (χ3v) is 4.35. The molecule has 0 N–H and O–H groups in total. The number of unbranched alkanes of at least 4 members (excludes halogenated alkanes) is 3. The van der Waals surface area contributed by atoms with Crippen molar-refractivity contribution in [2.24, 2.45) is 5.92 Å². The molecular formula is C19H27ClO2. The number of ketones is 2. The Bertz CT molecular complexity index is 449.